The maximum absolute atomic E-state index is 2.54. The SMILES string of the molecule is C1=Cc2ccccc2C2(c3ccccc31)c1ccccc1-c1c(N(c3ccc4c(c3)-c3ccccc3-c3ccccc3N4c3ccccc3)c3ccccc3-c3ccccc3)cccc12. The van der Waals surface area contributed by atoms with E-state index in [0.29, 0.717) is 0 Å². The third-order valence-electron chi connectivity index (χ3n) is 13.8. The van der Waals surface area contributed by atoms with Gasteiger partial charge >= 0.3 is 0 Å². The topological polar surface area (TPSA) is 6.48 Å². The van der Waals surface area contributed by atoms with E-state index in [-0.39, 0.29) is 0 Å². The molecule has 2 heteroatoms. The third-order valence-corrected chi connectivity index (χ3v) is 13.8. The highest BCUT2D eigenvalue weighted by molar-refractivity contribution is 6.05. The third kappa shape index (κ3) is 5.54. The Morgan fingerprint density at radius 1 is 0.323 bits per heavy atom. The Balaban J connectivity index is 1.13. The number of rotatable bonds is 5. The largest absolute Gasteiger partial charge is 0.309 e. The highest BCUT2D eigenvalue weighted by Crippen LogP contribution is 2.62. The van der Waals surface area contributed by atoms with Gasteiger partial charge in [0.25, 0.3) is 0 Å². The van der Waals surface area contributed by atoms with Crippen molar-refractivity contribution in [3.63, 3.8) is 0 Å². The summed E-state index contributed by atoms with van der Waals surface area (Å²) in [6.45, 7) is 0. The summed E-state index contributed by atoms with van der Waals surface area (Å²) in [6.07, 6.45) is 4.61. The van der Waals surface area contributed by atoms with E-state index in [9.17, 15) is 0 Å². The lowest BCUT2D eigenvalue weighted by molar-refractivity contribution is 0.766. The van der Waals surface area contributed by atoms with Gasteiger partial charge < -0.3 is 9.80 Å². The Morgan fingerprint density at radius 3 is 1.55 bits per heavy atom. The van der Waals surface area contributed by atoms with Crippen LogP contribution in [-0.4, -0.2) is 0 Å². The zero-order valence-electron chi connectivity index (χ0n) is 35.6. The molecule has 304 valence electrons. The minimum absolute atomic E-state index is 0.558. The average Bonchev–Trinajstić information content (AvgIpc) is 3.51. The minimum atomic E-state index is -0.558. The number of benzene rings is 10. The summed E-state index contributed by atoms with van der Waals surface area (Å²) < 4.78 is 0. The van der Waals surface area contributed by atoms with Gasteiger partial charge in [-0.3, -0.25) is 0 Å². The Kier molecular flexibility index (Phi) is 8.47. The van der Waals surface area contributed by atoms with Crippen LogP contribution in [0.5, 0.6) is 0 Å². The van der Waals surface area contributed by atoms with Crippen LogP contribution in [-0.2, 0) is 5.41 Å². The maximum atomic E-state index is 2.54. The molecule has 0 saturated heterocycles. The van der Waals surface area contributed by atoms with Gasteiger partial charge in [-0.1, -0.05) is 206 Å². The zero-order valence-corrected chi connectivity index (χ0v) is 35.6. The first-order valence-corrected chi connectivity index (χ1v) is 22.5. The number of para-hydroxylation sites is 3. The van der Waals surface area contributed by atoms with Crippen LogP contribution in [0.1, 0.15) is 33.4 Å². The maximum Gasteiger partial charge on any atom is 0.0725 e. The first-order chi connectivity index (χ1) is 32.3. The molecule has 0 aromatic heterocycles. The normalized spacial score (nSPS) is 13.3. The number of hydrogen-bond acceptors (Lipinski definition) is 2. The van der Waals surface area contributed by atoms with Crippen molar-refractivity contribution in [1.82, 2.24) is 0 Å². The summed E-state index contributed by atoms with van der Waals surface area (Å²) in [4.78, 5) is 4.98. The van der Waals surface area contributed by atoms with Gasteiger partial charge in [0.05, 0.1) is 28.2 Å². The van der Waals surface area contributed by atoms with Gasteiger partial charge in [-0.05, 0) is 104 Å². The van der Waals surface area contributed by atoms with Crippen LogP contribution in [0.4, 0.5) is 34.1 Å². The summed E-state index contributed by atoms with van der Waals surface area (Å²) in [5.74, 6) is 0. The second-order valence-corrected chi connectivity index (χ2v) is 17.2. The molecule has 0 saturated carbocycles. The lowest BCUT2D eigenvalue weighted by atomic mass is 9.66. The first kappa shape index (κ1) is 37.1. The molecule has 0 N–H and O–H groups in total. The minimum Gasteiger partial charge on any atom is -0.309 e. The highest BCUT2D eigenvalue weighted by atomic mass is 15.2. The fourth-order valence-corrected chi connectivity index (χ4v) is 11.2. The molecule has 2 aliphatic carbocycles. The standard InChI is InChI=1S/C63H42N2/c1-3-20-43(21-4-1)48-26-12-17-35-58(48)65(47-40-41-60-53(42-47)50-28-10-9-27-49(50)51-29-13-18-36-59(51)64(60)46-24-5-2-6-25-46)61-37-19-34-57-62(61)52-30-11-16-33-56(52)63(57)54-31-14-7-22-44(54)38-39-45-23-8-15-32-55(45)63/h1-42H. The van der Waals surface area contributed by atoms with Crippen LogP contribution in [0.25, 0.3) is 56.7 Å². The average molecular weight is 827 g/mol. The molecule has 0 amide bonds. The van der Waals surface area contributed by atoms with E-state index < -0.39 is 5.41 Å². The van der Waals surface area contributed by atoms with Crippen molar-refractivity contribution in [2.45, 2.75) is 5.41 Å². The van der Waals surface area contributed by atoms with Crippen LogP contribution in [0, 0.1) is 0 Å². The molecule has 2 nitrogen and oxygen atoms in total. The fourth-order valence-electron chi connectivity index (χ4n) is 11.2. The molecule has 1 spiro atoms. The van der Waals surface area contributed by atoms with E-state index >= 15 is 0 Å². The van der Waals surface area contributed by atoms with Crippen LogP contribution in [0.15, 0.2) is 243 Å². The summed E-state index contributed by atoms with van der Waals surface area (Å²) in [6, 6.07) is 89.6. The molecule has 0 unspecified atom stereocenters. The van der Waals surface area contributed by atoms with Gasteiger partial charge in [-0.25, -0.2) is 0 Å². The Bertz CT molecular complexity index is 3460. The molecular weight excluding hydrogens is 785 g/mol. The van der Waals surface area contributed by atoms with Crippen LogP contribution >= 0.6 is 0 Å². The molecule has 3 aliphatic rings. The van der Waals surface area contributed by atoms with E-state index in [2.05, 4.69) is 265 Å². The molecule has 13 rings (SSSR count). The van der Waals surface area contributed by atoms with Crippen molar-refractivity contribution < 1.29 is 0 Å². The fraction of sp³-hybridized carbons (Fsp3) is 0.0159. The van der Waals surface area contributed by atoms with Gasteiger partial charge in [0.15, 0.2) is 0 Å². The van der Waals surface area contributed by atoms with E-state index in [1.54, 1.807) is 0 Å². The molecule has 0 atom stereocenters. The second-order valence-electron chi connectivity index (χ2n) is 17.2. The first-order valence-electron chi connectivity index (χ1n) is 22.5. The van der Waals surface area contributed by atoms with E-state index in [4.69, 9.17) is 0 Å². The Labute approximate surface area is 380 Å². The molecular formula is C63H42N2. The van der Waals surface area contributed by atoms with E-state index in [0.717, 1.165) is 39.7 Å². The highest BCUT2D eigenvalue weighted by Gasteiger charge is 2.49. The summed E-state index contributed by atoms with van der Waals surface area (Å²) in [5, 5.41) is 0. The Hall–Kier alpha value is -8.46. The molecule has 1 heterocycles. The van der Waals surface area contributed by atoms with Gasteiger partial charge in [0, 0.05) is 33.6 Å². The monoisotopic (exact) mass is 826 g/mol. The van der Waals surface area contributed by atoms with Gasteiger partial charge in [-0.2, -0.15) is 0 Å². The van der Waals surface area contributed by atoms with Crippen LogP contribution in [0.2, 0.25) is 0 Å². The molecule has 1 aliphatic heterocycles. The summed E-state index contributed by atoms with van der Waals surface area (Å²) in [5.41, 5.74) is 23.4. The van der Waals surface area contributed by atoms with Crippen molar-refractivity contribution in [1.29, 1.82) is 0 Å². The number of nitrogens with zero attached hydrogens (tertiary/aromatic N) is 2. The van der Waals surface area contributed by atoms with Gasteiger partial charge in [-0.15, -0.1) is 0 Å². The Morgan fingerprint density at radius 2 is 0.831 bits per heavy atom. The van der Waals surface area contributed by atoms with Gasteiger partial charge in [0.2, 0.25) is 0 Å². The molecule has 10 aromatic rings. The van der Waals surface area contributed by atoms with Crippen molar-refractivity contribution >= 4 is 46.3 Å². The lowest BCUT2D eigenvalue weighted by Gasteiger charge is -2.36. The number of anilines is 6. The molecule has 10 aromatic carbocycles. The molecule has 0 fully saturated rings. The molecule has 0 radical (unpaired) electrons. The smallest absolute Gasteiger partial charge is 0.0725 e. The number of fused-ring (bicyclic) bond motifs is 14. The van der Waals surface area contributed by atoms with Crippen LogP contribution < -0.4 is 9.80 Å². The van der Waals surface area contributed by atoms with Crippen molar-refractivity contribution in [3.8, 4) is 44.5 Å². The van der Waals surface area contributed by atoms with Gasteiger partial charge in [0.1, 0.15) is 0 Å². The van der Waals surface area contributed by atoms with Crippen molar-refractivity contribution in [2.75, 3.05) is 9.80 Å². The van der Waals surface area contributed by atoms with E-state index in [1.165, 1.54) is 72.3 Å². The molecule has 65 heavy (non-hydrogen) atoms. The summed E-state index contributed by atoms with van der Waals surface area (Å²) in [7, 11) is 0. The predicted molar refractivity (Wildman–Crippen MR) is 272 cm³/mol. The second kappa shape index (κ2) is 14.8. The quantitative estimate of drug-likeness (QED) is 0.171. The predicted octanol–water partition coefficient (Wildman–Crippen LogP) is 16.8. The zero-order chi connectivity index (χ0) is 42.9. The molecule has 0 bridgehead atoms. The number of hydrogen-bond donors (Lipinski definition) is 0. The van der Waals surface area contributed by atoms with Crippen molar-refractivity contribution in [2.24, 2.45) is 0 Å². The van der Waals surface area contributed by atoms with Crippen LogP contribution in [0.3, 0.4) is 0 Å². The summed E-state index contributed by atoms with van der Waals surface area (Å²) >= 11 is 0. The van der Waals surface area contributed by atoms with Crippen molar-refractivity contribution in [3.05, 3.63) is 276 Å². The van der Waals surface area contributed by atoms with E-state index in [1.807, 2.05) is 0 Å². The lowest BCUT2D eigenvalue weighted by Crippen LogP contribution is -2.30.